The van der Waals surface area contributed by atoms with E-state index in [1.54, 1.807) is 6.20 Å². The van der Waals surface area contributed by atoms with Crippen molar-refractivity contribution in [2.45, 2.75) is 12.8 Å². The Morgan fingerprint density at radius 2 is 2.17 bits per heavy atom. The molecular weight excluding hydrogens is 226 g/mol. The van der Waals surface area contributed by atoms with Crippen LogP contribution in [-0.2, 0) is 11.2 Å². The molecule has 1 aromatic rings. The monoisotopic (exact) mass is 245 g/mol. The van der Waals surface area contributed by atoms with E-state index in [-0.39, 0.29) is 0 Å². The maximum absolute atomic E-state index is 12.1. The summed E-state index contributed by atoms with van der Waals surface area (Å²) >= 11 is 0. The number of pyridine rings is 1. The molecule has 3 rings (SSSR count). The number of fused-ring (bicyclic) bond motifs is 1. The van der Waals surface area contributed by atoms with E-state index in [0.717, 1.165) is 38.2 Å². The van der Waals surface area contributed by atoms with Crippen LogP contribution in [-0.4, -0.2) is 42.0 Å². The number of nitrogens with one attached hydrogen (secondary N) is 1. The summed E-state index contributed by atoms with van der Waals surface area (Å²) in [5, 5.41) is 3.40. The molecule has 3 heterocycles. The lowest BCUT2D eigenvalue weighted by molar-refractivity contribution is -0.130. The lowest BCUT2D eigenvalue weighted by Gasteiger charge is -2.17. The Morgan fingerprint density at radius 1 is 1.39 bits per heavy atom. The van der Waals surface area contributed by atoms with Crippen molar-refractivity contribution in [1.29, 1.82) is 0 Å². The standard InChI is InChI=1S/C14H19N3O/c18-14(4-3-11-2-1-5-15-6-11)17-9-12-7-16-8-13(12)10-17/h1-2,5-6,12-13,16H,3-4,7-10H2. The van der Waals surface area contributed by atoms with E-state index >= 15 is 0 Å². The fourth-order valence-electron chi connectivity index (χ4n) is 3.01. The Labute approximate surface area is 107 Å². The summed E-state index contributed by atoms with van der Waals surface area (Å²) in [6, 6.07) is 3.95. The third-order valence-electron chi connectivity index (χ3n) is 4.09. The second-order valence-corrected chi connectivity index (χ2v) is 5.34. The van der Waals surface area contributed by atoms with Crippen LogP contribution in [0, 0.1) is 11.8 Å². The molecule has 0 saturated carbocycles. The topological polar surface area (TPSA) is 45.2 Å². The summed E-state index contributed by atoms with van der Waals surface area (Å²) in [6.07, 6.45) is 5.02. The lowest BCUT2D eigenvalue weighted by Crippen LogP contribution is -2.31. The maximum Gasteiger partial charge on any atom is 0.222 e. The van der Waals surface area contributed by atoms with Gasteiger partial charge in [0.25, 0.3) is 0 Å². The predicted octanol–water partition coefficient (Wildman–Crippen LogP) is 0.692. The molecule has 18 heavy (non-hydrogen) atoms. The summed E-state index contributed by atoms with van der Waals surface area (Å²) in [5.41, 5.74) is 1.15. The first-order valence-corrected chi connectivity index (χ1v) is 6.70. The molecule has 96 valence electrons. The van der Waals surface area contributed by atoms with Gasteiger partial charge in [-0.15, -0.1) is 0 Å². The number of carbonyl (C=O) groups is 1. The van der Waals surface area contributed by atoms with E-state index in [1.165, 1.54) is 0 Å². The van der Waals surface area contributed by atoms with Gasteiger partial charge in [0.15, 0.2) is 0 Å². The molecule has 0 bridgehead atoms. The van der Waals surface area contributed by atoms with Gasteiger partial charge in [-0.3, -0.25) is 9.78 Å². The first-order valence-electron chi connectivity index (χ1n) is 6.70. The van der Waals surface area contributed by atoms with Crippen molar-refractivity contribution in [2.75, 3.05) is 26.2 Å². The molecule has 0 spiro atoms. The van der Waals surface area contributed by atoms with Gasteiger partial charge < -0.3 is 10.2 Å². The smallest absolute Gasteiger partial charge is 0.222 e. The van der Waals surface area contributed by atoms with Crippen molar-refractivity contribution in [2.24, 2.45) is 11.8 Å². The first kappa shape index (κ1) is 11.7. The van der Waals surface area contributed by atoms with Crippen molar-refractivity contribution >= 4 is 5.91 Å². The molecular formula is C14H19N3O. The summed E-state index contributed by atoms with van der Waals surface area (Å²) in [5.74, 6) is 1.67. The molecule has 4 heteroatoms. The molecule has 0 radical (unpaired) electrons. The zero-order valence-electron chi connectivity index (χ0n) is 10.5. The van der Waals surface area contributed by atoms with Crippen LogP contribution >= 0.6 is 0 Å². The number of carbonyl (C=O) groups excluding carboxylic acids is 1. The Morgan fingerprint density at radius 3 is 2.83 bits per heavy atom. The van der Waals surface area contributed by atoms with Gasteiger partial charge in [-0.25, -0.2) is 0 Å². The van der Waals surface area contributed by atoms with E-state index < -0.39 is 0 Å². The van der Waals surface area contributed by atoms with Gasteiger partial charge in [0, 0.05) is 45.0 Å². The van der Waals surface area contributed by atoms with Crippen LogP contribution in [0.4, 0.5) is 0 Å². The van der Waals surface area contributed by atoms with E-state index in [9.17, 15) is 4.79 Å². The molecule has 2 saturated heterocycles. The van der Waals surface area contributed by atoms with Crippen LogP contribution < -0.4 is 5.32 Å². The Hall–Kier alpha value is -1.42. The number of amides is 1. The van der Waals surface area contributed by atoms with Gasteiger partial charge in [0.2, 0.25) is 5.91 Å². The van der Waals surface area contributed by atoms with Crippen LogP contribution in [0.3, 0.4) is 0 Å². The quantitative estimate of drug-likeness (QED) is 0.852. The van der Waals surface area contributed by atoms with E-state index in [1.807, 2.05) is 23.2 Å². The molecule has 2 aliphatic heterocycles. The van der Waals surface area contributed by atoms with Gasteiger partial charge in [0.1, 0.15) is 0 Å². The number of likely N-dealkylation sites (tertiary alicyclic amines) is 1. The summed E-state index contributed by atoms with van der Waals surface area (Å²) in [6.45, 7) is 4.06. The van der Waals surface area contributed by atoms with Crippen LogP contribution in [0.1, 0.15) is 12.0 Å². The van der Waals surface area contributed by atoms with Crippen molar-refractivity contribution in [3.63, 3.8) is 0 Å². The van der Waals surface area contributed by atoms with Gasteiger partial charge in [-0.2, -0.15) is 0 Å². The SMILES string of the molecule is O=C(CCc1cccnc1)N1CC2CNCC2C1. The highest BCUT2D eigenvalue weighted by molar-refractivity contribution is 5.76. The molecule has 0 aliphatic carbocycles. The molecule has 2 atom stereocenters. The minimum absolute atomic E-state index is 0.299. The number of hydrogen-bond acceptors (Lipinski definition) is 3. The van der Waals surface area contributed by atoms with Gasteiger partial charge in [0.05, 0.1) is 0 Å². The largest absolute Gasteiger partial charge is 0.342 e. The number of nitrogens with zero attached hydrogens (tertiary/aromatic N) is 2. The Kier molecular flexibility index (Phi) is 3.28. The second kappa shape index (κ2) is 5.06. The third kappa shape index (κ3) is 2.38. The normalized spacial score (nSPS) is 26.3. The Balaban J connectivity index is 1.50. The van der Waals surface area contributed by atoms with E-state index in [2.05, 4.69) is 10.3 Å². The molecule has 1 amide bonds. The number of hydrogen-bond donors (Lipinski definition) is 1. The molecule has 4 nitrogen and oxygen atoms in total. The number of aryl methyl sites for hydroxylation is 1. The average Bonchev–Trinajstić information content (AvgIpc) is 2.98. The minimum Gasteiger partial charge on any atom is -0.342 e. The molecule has 2 unspecified atom stereocenters. The average molecular weight is 245 g/mol. The molecule has 0 aromatic carbocycles. The maximum atomic E-state index is 12.1. The fraction of sp³-hybridized carbons (Fsp3) is 0.571. The van der Waals surface area contributed by atoms with Crippen LogP contribution in [0.15, 0.2) is 24.5 Å². The van der Waals surface area contributed by atoms with Crippen molar-refractivity contribution in [1.82, 2.24) is 15.2 Å². The molecule has 1 N–H and O–H groups in total. The number of aromatic nitrogens is 1. The van der Waals surface area contributed by atoms with Gasteiger partial charge in [-0.1, -0.05) is 6.07 Å². The van der Waals surface area contributed by atoms with Crippen LogP contribution in [0.25, 0.3) is 0 Å². The minimum atomic E-state index is 0.299. The zero-order valence-corrected chi connectivity index (χ0v) is 10.5. The van der Waals surface area contributed by atoms with Crippen molar-refractivity contribution < 1.29 is 4.79 Å². The van der Waals surface area contributed by atoms with Gasteiger partial charge in [-0.05, 0) is 29.9 Å². The zero-order chi connectivity index (χ0) is 12.4. The highest BCUT2D eigenvalue weighted by Crippen LogP contribution is 2.26. The van der Waals surface area contributed by atoms with Crippen molar-refractivity contribution in [3.8, 4) is 0 Å². The summed E-state index contributed by atoms with van der Waals surface area (Å²) in [7, 11) is 0. The van der Waals surface area contributed by atoms with E-state index in [0.29, 0.717) is 24.2 Å². The first-order chi connectivity index (χ1) is 8.83. The molecule has 2 fully saturated rings. The highest BCUT2D eigenvalue weighted by atomic mass is 16.2. The second-order valence-electron chi connectivity index (χ2n) is 5.34. The van der Waals surface area contributed by atoms with E-state index in [4.69, 9.17) is 0 Å². The fourth-order valence-corrected chi connectivity index (χ4v) is 3.01. The summed E-state index contributed by atoms with van der Waals surface area (Å²) < 4.78 is 0. The van der Waals surface area contributed by atoms with Crippen LogP contribution in [0.2, 0.25) is 0 Å². The predicted molar refractivity (Wildman–Crippen MR) is 69.0 cm³/mol. The summed E-state index contributed by atoms with van der Waals surface area (Å²) in [4.78, 5) is 18.3. The van der Waals surface area contributed by atoms with Gasteiger partial charge >= 0.3 is 0 Å². The lowest BCUT2D eigenvalue weighted by atomic mass is 10.0. The Bertz CT molecular complexity index is 408. The third-order valence-corrected chi connectivity index (χ3v) is 4.09. The van der Waals surface area contributed by atoms with Crippen molar-refractivity contribution in [3.05, 3.63) is 30.1 Å². The number of rotatable bonds is 3. The molecule has 2 aliphatic rings. The van der Waals surface area contributed by atoms with Crippen LogP contribution in [0.5, 0.6) is 0 Å². The molecule has 1 aromatic heterocycles. The highest BCUT2D eigenvalue weighted by Gasteiger charge is 2.37.